The average Bonchev–Trinajstić information content (AvgIpc) is 1.91. The van der Waals surface area contributed by atoms with Crippen molar-refractivity contribution in [2.24, 2.45) is 0 Å². The third-order valence-corrected chi connectivity index (χ3v) is 0.421. The number of hydrogen-bond acceptors (Lipinski definition) is 3. The molecule has 8 heavy (non-hydrogen) atoms. The Morgan fingerprint density at radius 1 is 1.25 bits per heavy atom. The molecule has 0 spiro atoms. The van der Waals surface area contributed by atoms with E-state index in [4.69, 9.17) is 15.3 Å². The molecule has 0 heterocycles. The van der Waals surface area contributed by atoms with E-state index in [2.05, 4.69) is 27.7 Å². The van der Waals surface area contributed by atoms with Gasteiger partial charge in [0, 0.05) is 0 Å². The van der Waals surface area contributed by atoms with Gasteiger partial charge in [-0.1, -0.05) is 0 Å². The number of aliphatic hydroxyl groups is 3. The zero-order valence-electron chi connectivity index (χ0n) is 4.03. The molecular formula is C3H8ClO3Pd. The minimum atomic E-state index is -0.954. The van der Waals surface area contributed by atoms with Gasteiger partial charge in [-0.05, 0) is 0 Å². The van der Waals surface area contributed by atoms with Gasteiger partial charge in [0.25, 0.3) is 0 Å². The molecule has 0 atom stereocenters. The Hall–Kier alpha value is 0.832. The summed E-state index contributed by atoms with van der Waals surface area (Å²) >= 11 is 2.22. The Balaban J connectivity index is 0. The SMILES string of the molecule is OCC(O)CO.[Cl][Pd]. The predicted octanol–water partition coefficient (Wildman–Crippen LogP) is -0.981. The van der Waals surface area contributed by atoms with Crippen LogP contribution in [0, 0.1) is 0 Å². The zero-order valence-corrected chi connectivity index (χ0v) is 6.34. The molecule has 0 unspecified atom stereocenters. The van der Waals surface area contributed by atoms with E-state index in [-0.39, 0.29) is 13.2 Å². The van der Waals surface area contributed by atoms with Gasteiger partial charge in [0.05, 0.1) is 13.2 Å². The molecule has 0 aliphatic carbocycles. The second-order valence-corrected chi connectivity index (χ2v) is 1.02. The Kier molecular flexibility index (Phi) is 15.6. The van der Waals surface area contributed by atoms with Crippen molar-refractivity contribution in [3.8, 4) is 0 Å². The Bertz CT molecular complexity index is 33.7. The van der Waals surface area contributed by atoms with Crippen LogP contribution in [0.25, 0.3) is 0 Å². The van der Waals surface area contributed by atoms with Crippen LogP contribution in [0.5, 0.6) is 0 Å². The molecule has 0 amide bonds. The first-order valence-electron chi connectivity index (χ1n) is 1.83. The zero-order chi connectivity index (χ0) is 6.99. The Morgan fingerprint density at radius 3 is 1.50 bits per heavy atom. The maximum absolute atomic E-state index is 8.17. The van der Waals surface area contributed by atoms with Crippen molar-refractivity contribution in [1.82, 2.24) is 0 Å². The molecular weight excluding hydrogens is 226 g/mol. The van der Waals surface area contributed by atoms with Gasteiger partial charge in [0.15, 0.2) is 0 Å². The van der Waals surface area contributed by atoms with Crippen LogP contribution in [0.3, 0.4) is 0 Å². The third-order valence-electron chi connectivity index (χ3n) is 0.421. The van der Waals surface area contributed by atoms with Crippen LogP contribution >= 0.6 is 9.53 Å². The molecule has 0 aromatic rings. The fourth-order valence-electron chi connectivity index (χ4n) is 0.0577. The third kappa shape index (κ3) is 9.95. The van der Waals surface area contributed by atoms with Gasteiger partial charge in [0.2, 0.25) is 0 Å². The first-order chi connectivity index (χ1) is 3.81. The molecule has 0 bridgehead atoms. The van der Waals surface area contributed by atoms with E-state index in [0.717, 1.165) is 0 Å². The van der Waals surface area contributed by atoms with Gasteiger partial charge in [-0.25, -0.2) is 0 Å². The van der Waals surface area contributed by atoms with Gasteiger partial charge in [-0.3, -0.25) is 0 Å². The Labute approximate surface area is 62.7 Å². The van der Waals surface area contributed by atoms with Crippen LogP contribution in [0.2, 0.25) is 0 Å². The normalized spacial score (nSPS) is 8.38. The molecule has 0 aliphatic heterocycles. The summed E-state index contributed by atoms with van der Waals surface area (Å²) in [4.78, 5) is 0. The summed E-state index contributed by atoms with van der Waals surface area (Å²) in [5.74, 6) is 0. The van der Waals surface area contributed by atoms with Crippen molar-refractivity contribution in [3.05, 3.63) is 0 Å². The Morgan fingerprint density at radius 2 is 1.50 bits per heavy atom. The van der Waals surface area contributed by atoms with E-state index in [0.29, 0.717) is 0 Å². The van der Waals surface area contributed by atoms with Gasteiger partial charge >= 0.3 is 27.7 Å². The molecule has 55 valence electrons. The molecule has 5 heteroatoms. The van der Waals surface area contributed by atoms with E-state index in [1.807, 2.05) is 0 Å². The molecule has 0 saturated carbocycles. The van der Waals surface area contributed by atoms with Crippen LogP contribution < -0.4 is 0 Å². The van der Waals surface area contributed by atoms with Crippen LogP contribution in [0.15, 0.2) is 0 Å². The molecule has 0 fully saturated rings. The molecule has 0 aromatic heterocycles. The summed E-state index contributed by atoms with van der Waals surface area (Å²) in [7, 11) is 4.49. The summed E-state index contributed by atoms with van der Waals surface area (Å²) in [5, 5.41) is 24.0. The number of aliphatic hydroxyl groups excluding tert-OH is 3. The summed E-state index contributed by atoms with van der Waals surface area (Å²) in [6.45, 7) is -0.729. The van der Waals surface area contributed by atoms with E-state index < -0.39 is 6.10 Å². The fourth-order valence-corrected chi connectivity index (χ4v) is 0.0577. The van der Waals surface area contributed by atoms with Gasteiger partial charge in [-0.2, -0.15) is 0 Å². The summed E-state index contributed by atoms with van der Waals surface area (Å²) < 4.78 is 0. The van der Waals surface area contributed by atoms with Crippen molar-refractivity contribution in [2.75, 3.05) is 13.2 Å². The molecule has 0 saturated heterocycles. The topological polar surface area (TPSA) is 60.7 Å². The van der Waals surface area contributed by atoms with E-state index in [1.165, 1.54) is 0 Å². The minimum absolute atomic E-state index is 0.365. The van der Waals surface area contributed by atoms with E-state index in [1.54, 1.807) is 0 Å². The van der Waals surface area contributed by atoms with Gasteiger partial charge < -0.3 is 15.3 Å². The number of halogens is 1. The quantitative estimate of drug-likeness (QED) is 0.538. The van der Waals surface area contributed by atoms with Crippen LogP contribution in [-0.4, -0.2) is 34.6 Å². The van der Waals surface area contributed by atoms with Gasteiger partial charge in [0.1, 0.15) is 6.10 Å². The summed E-state index contributed by atoms with van der Waals surface area (Å²) in [5.41, 5.74) is 0. The standard InChI is InChI=1S/C3H8O3.ClH.Pd/c4-1-3(6)2-5;;/h3-6H,1-2H2;1H;/q;;+1/p-1. The van der Waals surface area contributed by atoms with Crippen molar-refractivity contribution in [3.63, 3.8) is 0 Å². The monoisotopic (exact) mass is 233 g/mol. The molecule has 0 rings (SSSR count). The molecule has 0 radical (unpaired) electrons. The summed E-state index contributed by atoms with van der Waals surface area (Å²) in [6, 6.07) is 0. The van der Waals surface area contributed by atoms with Crippen molar-refractivity contribution >= 4 is 9.53 Å². The van der Waals surface area contributed by atoms with Crippen LogP contribution in [-0.2, 0) is 18.2 Å². The van der Waals surface area contributed by atoms with Crippen molar-refractivity contribution in [2.45, 2.75) is 6.10 Å². The summed E-state index contributed by atoms with van der Waals surface area (Å²) in [6.07, 6.45) is -0.954. The molecule has 0 aromatic carbocycles. The first-order valence-corrected chi connectivity index (χ1v) is 3.83. The second-order valence-electron chi connectivity index (χ2n) is 1.02. The fraction of sp³-hybridized carbons (Fsp3) is 1.00. The molecule has 3 N–H and O–H groups in total. The van der Waals surface area contributed by atoms with E-state index in [9.17, 15) is 0 Å². The van der Waals surface area contributed by atoms with Crippen LogP contribution in [0.1, 0.15) is 0 Å². The van der Waals surface area contributed by atoms with Crippen molar-refractivity contribution < 1.29 is 33.5 Å². The van der Waals surface area contributed by atoms with Gasteiger partial charge in [-0.15, -0.1) is 0 Å². The average molecular weight is 234 g/mol. The molecule has 3 nitrogen and oxygen atoms in total. The first kappa shape index (κ1) is 11.6. The van der Waals surface area contributed by atoms with E-state index >= 15 is 0 Å². The number of rotatable bonds is 2. The van der Waals surface area contributed by atoms with Crippen molar-refractivity contribution in [1.29, 1.82) is 0 Å². The predicted molar refractivity (Wildman–Crippen MR) is 26.0 cm³/mol. The second kappa shape index (κ2) is 10.7. The number of hydrogen-bond donors (Lipinski definition) is 3. The van der Waals surface area contributed by atoms with Crippen LogP contribution in [0.4, 0.5) is 0 Å². The maximum atomic E-state index is 8.17. The molecule has 0 aliphatic rings.